The van der Waals surface area contributed by atoms with E-state index in [1.54, 1.807) is 20.8 Å². The number of alkyl halides is 6. The zero-order chi connectivity index (χ0) is 15.5. The van der Waals surface area contributed by atoms with E-state index in [1.807, 2.05) is 0 Å². The lowest BCUT2D eigenvalue weighted by Crippen LogP contribution is -2.55. The molecule has 0 bridgehead atoms. The molecule has 0 heterocycles. The van der Waals surface area contributed by atoms with E-state index in [0.29, 0.717) is 0 Å². The topological polar surface area (TPSA) is 12.0 Å². The molecule has 0 aliphatic rings. The van der Waals surface area contributed by atoms with Crippen molar-refractivity contribution in [2.75, 3.05) is 6.54 Å². The molecule has 0 unspecified atom stereocenters. The first-order chi connectivity index (χ1) is 8.27. The minimum Gasteiger partial charge on any atom is -0.312 e. The fraction of sp³-hybridized carbons (Fsp3) is 1.00. The van der Waals surface area contributed by atoms with Crippen molar-refractivity contribution in [3.8, 4) is 0 Å². The molecular weight excluding hydrogens is 272 g/mol. The normalized spacial score (nSPS) is 14.8. The van der Waals surface area contributed by atoms with Crippen LogP contribution in [0.2, 0.25) is 0 Å². The number of hydrogen-bond donors (Lipinski definition) is 1. The van der Waals surface area contributed by atoms with Crippen LogP contribution in [0.5, 0.6) is 0 Å². The first-order valence-electron chi connectivity index (χ1n) is 6.15. The molecule has 0 aromatic rings. The summed E-state index contributed by atoms with van der Waals surface area (Å²) in [7, 11) is 0. The van der Waals surface area contributed by atoms with Gasteiger partial charge in [-0.25, -0.2) is 0 Å². The highest BCUT2D eigenvalue weighted by Gasteiger charge is 2.70. The van der Waals surface area contributed by atoms with Crippen LogP contribution in [0.3, 0.4) is 0 Å². The molecule has 1 nitrogen and oxygen atoms in total. The predicted octanol–water partition coefficient (Wildman–Crippen LogP) is 4.47. The molecule has 0 fully saturated rings. The smallest absolute Gasteiger partial charge is 0.312 e. The Morgan fingerprint density at radius 1 is 0.789 bits per heavy atom. The van der Waals surface area contributed by atoms with Gasteiger partial charge in [0.2, 0.25) is 0 Å². The molecule has 0 aliphatic carbocycles. The molecule has 0 saturated carbocycles. The minimum atomic E-state index is -5.34. The molecule has 116 valence electrons. The Morgan fingerprint density at radius 2 is 1.21 bits per heavy atom. The van der Waals surface area contributed by atoms with E-state index >= 15 is 0 Å². The summed E-state index contributed by atoms with van der Waals surface area (Å²) < 4.78 is 79.4. The lowest BCUT2D eigenvalue weighted by atomic mass is 9.97. The van der Waals surface area contributed by atoms with E-state index in [2.05, 4.69) is 5.32 Å². The number of hydrogen-bond acceptors (Lipinski definition) is 1. The van der Waals surface area contributed by atoms with Gasteiger partial charge in [-0.15, -0.1) is 0 Å². The fourth-order valence-electron chi connectivity index (χ4n) is 1.49. The number of rotatable bonds is 7. The van der Waals surface area contributed by atoms with Crippen molar-refractivity contribution in [3.05, 3.63) is 0 Å². The van der Waals surface area contributed by atoms with Gasteiger partial charge in [0.15, 0.2) is 0 Å². The molecule has 0 spiro atoms. The van der Waals surface area contributed by atoms with Gasteiger partial charge in [-0.2, -0.15) is 26.3 Å². The lowest BCUT2D eigenvalue weighted by molar-refractivity contribution is -0.311. The Hall–Kier alpha value is -0.460. The monoisotopic (exact) mass is 293 g/mol. The van der Waals surface area contributed by atoms with Crippen LogP contribution >= 0.6 is 0 Å². The maximum absolute atomic E-state index is 13.3. The highest BCUT2D eigenvalue weighted by Crippen LogP contribution is 2.49. The van der Waals surface area contributed by atoms with Crippen molar-refractivity contribution in [2.45, 2.75) is 70.3 Å². The molecule has 19 heavy (non-hydrogen) atoms. The molecule has 0 aliphatic heterocycles. The Bertz CT molecular complexity index is 282. The van der Waals surface area contributed by atoms with Crippen LogP contribution in [0, 0.1) is 0 Å². The largest absolute Gasteiger partial charge is 0.371 e. The van der Waals surface area contributed by atoms with Crippen LogP contribution in [0.15, 0.2) is 0 Å². The zero-order valence-electron chi connectivity index (χ0n) is 11.6. The van der Waals surface area contributed by atoms with Gasteiger partial charge in [0.05, 0.1) is 0 Å². The quantitative estimate of drug-likeness (QED) is 0.683. The van der Waals surface area contributed by atoms with Crippen LogP contribution in [0.1, 0.15) is 47.0 Å². The average molecular weight is 293 g/mol. The predicted molar refractivity (Wildman–Crippen MR) is 62.1 cm³/mol. The zero-order valence-corrected chi connectivity index (χ0v) is 11.6. The third kappa shape index (κ3) is 4.85. The summed E-state index contributed by atoms with van der Waals surface area (Å²) in [5.74, 6) is -14.8. The van der Waals surface area contributed by atoms with Gasteiger partial charge in [0.1, 0.15) is 0 Å². The second-order valence-corrected chi connectivity index (χ2v) is 5.66. The third-order valence-corrected chi connectivity index (χ3v) is 2.58. The standard InChI is InChI=1S/C12H21F6N/c1-5-6-10(13,14)12(17,18)11(15,16)7-8-19-9(2,3)4/h19H,5-8H2,1-4H3. The summed E-state index contributed by atoms with van der Waals surface area (Å²) in [4.78, 5) is 0. The summed E-state index contributed by atoms with van der Waals surface area (Å²) in [6, 6.07) is 0. The van der Waals surface area contributed by atoms with Crippen molar-refractivity contribution < 1.29 is 26.3 Å². The van der Waals surface area contributed by atoms with Crippen molar-refractivity contribution in [3.63, 3.8) is 0 Å². The molecular formula is C12H21F6N. The van der Waals surface area contributed by atoms with Gasteiger partial charge in [-0.1, -0.05) is 13.3 Å². The number of halogens is 6. The fourth-order valence-corrected chi connectivity index (χ4v) is 1.49. The maximum atomic E-state index is 13.3. The SMILES string of the molecule is CCCC(F)(F)C(F)(F)C(F)(F)CCNC(C)(C)C. The van der Waals surface area contributed by atoms with E-state index in [-0.39, 0.29) is 6.42 Å². The van der Waals surface area contributed by atoms with Gasteiger partial charge in [0, 0.05) is 24.9 Å². The Morgan fingerprint density at radius 3 is 1.58 bits per heavy atom. The van der Waals surface area contributed by atoms with Crippen molar-refractivity contribution >= 4 is 0 Å². The van der Waals surface area contributed by atoms with Crippen molar-refractivity contribution in [1.29, 1.82) is 0 Å². The van der Waals surface area contributed by atoms with Crippen molar-refractivity contribution in [1.82, 2.24) is 5.32 Å². The van der Waals surface area contributed by atoms with Gasteiger partial charge in [0.25, 0.3) is 0 Å². The third-order valence-electron chi connectivity index (χ3n) is 2.58. The molecule has 0 saturated heterocycles. The van der Waals surface area contributed by atoms with Crippen LogP contribution in [0.4, 0.5) is 26.3 Å². The van der Waals surface area contributed by atoms with Crippen LogP contribution < -0.4 is 5.32 Å². The first-order valence-corrected chi connectivity index (χ1v) is 6.15. The molecule has 0 radical (unpaired) electrons. The summed E-state index contributed by atoms with van der Waals surface area (Å²) in [6.45, 7) is 5.76. The molecule has 0 aromatic carbocycles. The highest BCUT2D eigenvalue weighted by molar-refractivity contribution is 4.96. The molecule has 1 N–H and O–H groups in total. The van der Waals surface area contributed by atoms with Gasteiger partial charge in [-0.3, -0.25) is 0 Å². The summed E-state index contributed by atoms with van der Waals surface area (Å²) >= 11 is 0. The maximum Gasteiger partial charge on any atom is 0.371 e. The molecule has 0 atom stereocenters. The summed E-state index contributed by atoms with van der Waals surface area (Å²) in [5, 5.41) is 2.58. The van der Waals surface area contributed by atoms with Crippen LogP contribution in [-0.2, 0) is 0 Å². The molecule has 0 aromatic heterocycles. The molecule has 7 heteroatoms. The van der Waals surface area contributed by atoms with Gasteiger partial charge in [-0.05, 0) is 20.8 Å². The molecule has 0 amide bonds. The first kappa shape index (κ1) is 18.5. The Labute approximate surface area is 109 Å². The highest BCUT2D eigenvalue weighted by atomic mass is 19.3. The van der Waals surface area contributed by atoms with Crippen LogP contribution in [-0.4, -0.2) is 29.9 Å². The molecule has 0 rings (SSSR count). The van der Waals surface area contributed by atoms with E-state index < -0.39 is 42.7 Å². The van der Waals surface area contributed by atoms with Gasteiger partial charge < -0.3 is 5.32 Å². The summed E-state index contributed by atoms with van der Waals surface area (Å²) in [6.07, 6.45) is -2.89. The minimum absolute atomic E-state index is 0.293. The average Bonchev–Trinajstić information content (AvgIpc) is 2.14. The van der Waals surface area contributed by atoms with Gasteiger partial charge >= 0.3 is 17.8 Å². The van der Waals surface area contributed by atoms with E-state index in [4.69, 9.17) is 0 Å². The van der Waals surface area contributed by atoms with Crippen LogP contribution in [0.25, 0.3) is 0 Å². The van der Waals surface area contributed by atoms with E-state index in [9.17, 15) is 26.3 Å². The Balaban J connectivity index is 4.78. The van der Waals surface area contributed by atoms with E-state index in [1.165, 1.54) is 6.92 Å². The second kappa shape index (κ2) is 5.89. The lowest BCUT2D eigenvalue weighted by Gasteiger charge is -2.33. The second-order valence-electron chi connectivity index (χ2n) is 5.66. The summed E-state index contributed by atoms with van der Waals surface area (Å²) in [5.41, 5.74) is -0.544. The van der Waals surface area contributed by atoms with E-state index in [0.717, 1.165) is 0 Å². The number of nitrogens with one attached hydrogen (secondary N) is 1. The van der Waals surface area contributed by atoms with Crippen molar-refractivity contribution in [2.24, 2.45) is 0 Å². The Kier molecular flexibility index (Phi) is 5.75.